The van der Waals surface area contributed by atoms with E-state index in [4.69, 9.17) is 9.47 Å². The number of hydrogen-bond acceptors (Lipinski definition) is 3. The van der Waals surface area contributed by atoms with Crippen LogP contribution in [0.3, 0.4) is 0 Å². The lowest BCUT2D eigenvalue weighted by atomic mass is 10.1. The maximum atomic E-state index is 12.5. The van der Waals surface area contributed by atoms with Crippen molar-refractivity contribution in [2.75, 3.05) is 12.4 Å². The second-order valence-electron chi connectivity index (χ2n) is 5.50. The summed E-state index contributed by atoms with van der Waals surface area (Å²) in [5.74, 6) is 1.17. The molecule has 4 heteroatoms. The molecule has 0 aliphatic rings. The van der Waals surface area contributed by atoms with Crippen LogP contribution in [-0.4, -0.2) is 19.1 Å². The Hall–Kier alpha value is -2.49. The Balaban J connectivity index is 2.08. The number of amides is 1. The molecule has 0 heterocycles. The van der Waals surface area contributed by atoms with Crippen molar-refractivity contribution in [2.45, 2.75) is 33.3 Å². The highest BCUT2D eigenvalue weighted by Crippen LogP contribution is 2.22. The molecule has 0 spiro atoms. The summed E-state index contributed by atoms with van der Waals surface area (Å²) in [4.78, 5) is 12.5. The van der Waals surface area contributed by atoms with E-state index in [1.54, 1.807) is 13.2 Å². The molecular formula is C19H23NO3. The van der Waals surface area contributed by atoms with Crippen molar-refractivity contribution in [1.29, 1.82) is 0 Å². The van der Waals surface area contributed by atoms with E-state index in [2.05, 4.69) is 5.32 Å². The monoisotopic (exact) mass is 313 g/mol. The Kier molecular flexibility index (Phi) is 5.63. The maximum absolute atomic E-state index is 12.5. The number of hydrogen-bond donors (Lipinski definition) is 1. The van der Waals surface area contributed by atoms with E-state index in [-0.39, 0.29) is 5.91 Å². The molecule has 23 heavy (non-hydrogen) atoms. The van der Waals surface area contributed by atoms with Crippen molar-refractivity contribution in [3.8, 4) is 11.5 Å². The Labute approximate surface area is 137 Å². The first kappa shape index (κ1) is 16.9. The zero-order chi connectivity index (χ0) is 16.8. The summed E-state index contributed by atoms with van der Waals surface area (Å²) in [6.07, 6.45) is 0.0244. The fraction of sp³-hybridized carbons (Fsp3) is 0.316. The molecular weight excluding hydrogens is 290 g/mol. The van der Waals surface area contributed by atoms with Crippen molar-refractivity contribution in [2.24, 2.45) is 0 Å². The van der Waals surface area contributed by atoms with Gasteiger partial charge in [-0.2, -0.15) is 0 Å². The number of carbonyl (C=O) groups is 1. The van der Waals surface area contributed by atoms with Crippen LogP contribution in [0.1, 0.15) is 24.5 Å². The van der Waals surface area contributed by atoms with Gasteiger partial charge in [0.05, 0.1) is 7.11 Å². The summed E-state index contributed by atoms with van der Waals surface area (Å²) >= 11 is 0. The minimum absolute atomic E-state index is 0.151. The van der Waals surface area contributed by atoms with E-state index in [0.29, 0.717) is 17.9 Å². The smallest absolute Gasteiger partial charge is 0.265 e. The molecule has 0 unspecified atom stereocenters. The molecule has 2 aromatic carbocycles. The summed E-state index contributed by atoms with van der Waals surface area (Å²) in [6, 6.07) is 13.2. The number of ether oxygens (including phenoxy) is 2. The van der Waals surface area contributed by atoms with Crippen LogP contribution in [-0.2, 0) is 4.79 Å². The molecule has 0 radical (unpaired) electrons. The fourth-order valence-corrected chi connectivity index (χ4v) is 2.33. The maximum Gasteiger partial charge on any atom is 0.265 e. The van der Waals surface area contributed by atoms with Crippen LogP contribution in [0.4, 0.5) is 5.69 Å². The van der Waals surface area contributed by atoms with Crippen molar-refractivity contribution in [3.05, 3.63) is 53.6 Å². The second kappa shape index (κ2) is 7.68. The molecule has 0 saturated heterocycles. The summed E-state index contributed by atoms with van der Waals surface area (Å²) in [6.45, 7) is 5.93. The minimum atomic E-state index is -0.553. The fourth-order valence-electron chi connectivity index (χ4n) is 2.33. The number of benzene rings is 2. The van der Waals surface area contributed by atoms with E-state index in [0.717, 1.165) is 11.3 Å². The standard InChI is InChI=1S/C19H23NO3/c1-5-18(23-16-8-6-7-15(12-16)22-4)19(21)20-17-10-9-13(2)11-14(17)3/h6-12,18H,5H2,1-4H3,(H,20,21)/t18-/m1/s1. The molecule has 4 nitrogen and oxygen atoms in total. The third kappa shape index (κ3) is 4.49. The van der Waals surface area contributed by atoms with Crippen molar-refractivity contribution >= 4 is 11.6 Å². The number of rotatable bonds is 6. The van der Waals surface area contributed by atoms with Crippen molar-refractivity contribution in [3.63, 3.8) is 0 Å². The predicted octanol–water partition coefficient (Wildman–Crippen LogP) is 4.11. The average Bonchev–Trinajstić information content (AvgIpc) is 2.55. The normalized spacial score (nSPS) is 11.7. The van der Waals surface area contributed by atoms with Crippen LogP contribution >= 0.6 is 0 Å². The number of aryl methyl sites for hydroxylation is 2. The largest absolute Gasteiger partial charge is 0.497 e. The van der Waals surface area contributed by atoms with Crippen molar-refractivity contribution < 1.29 is 14.3 Å². The first-order chi connectivity index (χ1) is 11.0. The molecule has 0 fully saturated rings. The molecule has 0 aromatic heterocycles. The van der Waals surface area contributed by atoms with Gasteiger partial charge in [-0.25, -0.2) is 0 Å². The van der Waals surface area contributed by atoms with Crippen LogP contribution in [0.25, 0.3) is 0 Å². The summed E-state index contributed by atoms with van der Waals surface area (Å²) in [7, 11) is 1.60. The van der Waals surface area contributed by atoms with Crippen LogP contribution < -0.4 is 14.8 Å². The van der Waals surface area contributed by atoms with E-state index in [9.17, 15) is 4.79 Å². The second-order valence-corrected chi connectivity index (χ2v) is 5.50. The molecule has 2 rings (SSSR count). The van der Waals surface area contributed by atoms with Gasteiger partial charge in [0.15, 0.2) is 6.10 Å². The quantitative estimate of drug-likeness (QED) is 0.873. The predicted molar refractivity (Wildman–Crippen MR) is 92.2 cm³/mol. The third-order valence-corrected chi connectivity index (χ3v) is 3.62. The molecule has 2 aromatic rings. The van der Waals surface area contributed by atoms with Gasteiger partial charge in [0.2, 0.25) is 0 Å². The Morgan fingerprint density at radius 3 is 2.52 bits per heavy atom. The number of nitrogens with one attached hydrogen (secondary N) is 1. The van der Waals surface area contributed by atoms with Crippen LogP contribution in [0.2, 0.25) is 0 Å². The van der Waals surface area contributed by atoms with Gasteiger partial charge >= 0.3 is 0 Å². The summed E-state index contributed by atoms with van der Waals surface area (Å²) in [5.41, 5.74) is 3.02. The van der Waals surface area contributed by atoms with E-state index in [1.807, 2.05) is 57.2 Å². The molecule has 122 valence electrons. The highest BCUT2D eigenvalue weighted by atomic mass is 16.5. The van der Waals surface area contributed by atoms with Crippen molar-refractivity contribution in [1.82, 2.24) is 0 Å². The van der Waals surface area contributed by atoms with Gasteiger partial charge < -0.3 is 14.8 Å². The van der Waals surface area contributed by atoms with E-state index >= 15 is 0 Å². The molecule has 0 bridgehead atoms. The van der Waals surface area contributed by atoms with E-state index < -0.39 is 6.10 Å². The number of anilines is 1. The van der Waals surface area contributed by atoms with Gasteiger partial charge in [-0.05, 0) is 44.0 Å². The van der Waals surface area contributed by atoms with Gasteiger partial charge in [-0.15, -0.1) is 0 Å². The van der Waals surface area contributed by atoms with Gasteiger partial charge in [-0.3, -0.25) is 4.79 Å². The topological polar surface area (TPSA) is 47.6 Å². The SMILES string of the molecule is CC[C@@H](Oc1cccc(OC)c1)C(=O)Nc1ccc(C)cc1C. The molecule has 0 aliphatic heterocycles. The first-order valence-corrected chi connectivity index (χ1v) is 7.72. The third-order valence-electron chi connectivity index (χ3n) is 3.62. The first-order valence-electron chi connectivity index (χ1n) is 7.72. The van der Waals surface area contributed by atoms with Gasteiger partial charge in [0, 0.05) is 11.8 Å². The molecule has 0 saturated carbocycles. The number of carbonyl (C=O) groups excluding carboxylic acids is 1. The lowest BCUT2D eigenvalue weighted by molar-refractivity contribution is -0.122. The van der Waals surface area contributed by atoms with E-state index in [1.165, 1.54) is 5.56 Å². The van der Waals surface area contributed by atoms with Gasteiger partial charge in [-0.1, -0.05) is 30.7 Å². The summed E-state index contributed by atoms with van der Waals surface area (Å²) < 4.78 is 11.0. The zero-order valence-electron chi connectivity index (χ0n) is 14.1. The molecule has 1 atom stereocenters. The van der Waals surface area contributed by atoms with Crippen LogP contribution in [0.15, 0.2) is 42.5 Å². The molecule has 1 amide bonds. The van der Waals surface area contributed by atoms with Gasteiger partial charge in [0.1, 0.15) is 11.5 Å². The molecule has 0 aliphatic carbocycles. The highest BCUT2D eigenvalue weighted by molar-refractivity contribution is 5.95. The highest BCUT2D eigenvalue weighted by Gasteiger charge is 2.19. The van der Waals surface area contributed by atoms with Crippen LogP contribution in [0.5, 0.6) is 11.5 Å². The zero-order valence-corrected chi connectivity index (χ0v) is 14.1. The van der Waals surface area contributed by atoms with Crippen LogP contribution in [0, 0.1) is 13.8 Å². The number of methoxy groups -OCH3 is 1. The average molecular weight is 313 g/mol. The molecule has 1 N–H and O–H groups in total. The Morgan fingerprint density at radius 2 is 1.87 bits per heavy atom. The minimum Gasteiger partial charge on any atom is -0.497 e. The lowest BCUT2D eigenvalue weighted by Crippen LogP contribution is -2.32. The Morgan fingerprint density at radius 1 is 1.13 bits per heavy atom. The Bertz CT molecular complexity index is 682. The lowest BCUT2D eigenvalue weighted by Gasteiger charge is -2.18. The van der Waals surface area contributed by atoms with Gasteiger partial charge in [0.25, 0.3) is 5.91 Å². The summed E-state index contributed by atoms with van der Waals surface area (Å²) in [5, 5.41) is 2.94.